The average Bonchev–Trinajstić information content (AvgIpc) is 3.45. The molecule has 0 spiro atoms. The molecule has 0 aliphatic heterocycles. The highest BCUT2D eigenvalue weighted by Crippen LogP contribution is 2.39. The smallest absolute Gasteiger partial charge is 0.320 e. The zero-order valence-electron chi connectivity index (χ0n) is 27.9. The molecule has 0 radical (unpaired) electrons. The number of ether oxygens (including phenoxy) is 2. The summed E-state index contributed by atoms with van der Waals surface area (Å²) in [5, 5.41) is 14.3. The Morgan fingerprint density at radius 2 is 1.79 bits per heavy atom. The van der Waals surface area contributed by atoms with E-state index in [1.54, 1.807) is 36.4 Å². The van der Waals surface area contributed by atoms with E-state index in [-0.39, 0.29) is 22.4 Å². The van der Waals surface area contributed by atoms with Crippen LogP contribution in [0.4, 0.5) is 10.5 Å². The van der Waals surface area contributed by atoms with Gasteiger partial charge in [0, 0.05) is 5.56 Å². The van der Waals surface area contributed by atoms with Crippen LogP contribution in [0.15, 0.2) is 66.9 Å². The van der Waals surface area contributed by atoms with E-state index in [4.69, 9.17) is 15.2 Å². The SMILES string of the molecule is COc1c(NC(=O)N[C@@]2(C=O)C=C[C@@H](Oc3ccc4nnc(C(C)(C)N(C)C)n4c3)c3ccccc32)cc(C(C)(C)C)cc1C(N)=O. The number of hydrogen-bond acceptors (Lipinski definition) is 8. The zero-order chi connectivity index (χ0) is 34.3. The molecule has 2 atom stereocenters. The number of aldehydes is 1. The van der Waals surface area contributed by atoms with E-state index in [0.717, 1.165) is 11.4 Å². The highest BCUT2D eigenvalue weighted by atomic mass is 16.5. The van der Waals surface area contributed by atoms with E-state index in [9.17, 15) is 14.4 Å². The van der Waals surface area contributed by atoms with E-state index in [0.29, 0.717) is 28.8 Å². The van der Waals surface area contributed by atoms with Crippen molar-refractivity contribution >= 4 is 29.6 Å². The van der Waals surface area contributed by atoms with E-state index < -0.39 is 29.1 Å². The van der Waals surface area contributed by atoms with E-state index in [1.165, 1.54) is 7.11 Å². The molecule has 0 bridgehead atoms. The molecule has 4 aromatic rings. The number of nitrogens with zero attached hydrogens (tertiary/aromatic N) is 4. The van der Waals surface area contributed by atoms with Gasteiger partial charge in [-0.05, 0) is 80.9 Å². The molecule has 0 unspecified atom stereocenters. The molecule has 2 aromatic carbocycles. The minimum atomic E-state index is -1.51. The lowest BCUT2D eigenvalue weighted by Gasteiger charge is -2.34. The number of primary amides is 1. The quantitative estimate of drug-likeness (QED) is 0.174. The Balaban J connectivity index is 1.46. The van der Waals surface area contributed by atoms with Crippen LogP contribution in [-0.4, -0.2) is 58.9 Å². The average molecular weight is 640 g/mol. The van der Waals surface area contributed by atoms with Gasteiger partial charge in [0.25, 0.3) is 5.91 Å². The van der Waals surface area contributed by atoms with E-state index >= 15 is 0 Å². The largest absolute Gasteiger partial charge is 0.494 e. The van der Waals surface area contributed by atoms with Crippen LogP contribution in [0.5, 0.6) is 11.5 Å². The van der Waals surface area contributed by atoms with E-state index in [2.05, 4.69) is 39.6 Å². The monoisotopic (exact) mass is 639 g/mol. The van der Waals surface area contributed by atoms with Crippen molar-refractivity contribution in [2.45, 2.75) is 57.2 Å². The third-order valence-electron chi connectivity index (χ3n) is 8.73. The Kier molecular flexibility index (Phi) is 8.59. The van der Waals surface area contributed by atoms with Crippen LogP contribution in [0, 0.1) is 0 Å². The molecule has 3 amide bonds. The number of aromatic nitrogens is 3. The van der Waals surface area contributed by atoms with Crippen molar-refractivity contribution in [3.8, 4) is 11.5 Å². The molecule has 1 aliphatic carbocycles. The lowest BCUT2D eigenvalue weighted by molar-refractivity contribution is -0.111. The number of amides is 3. The molecule has 0 saturated heterocycles. The molecule has 12 heteroatoms. The van der Waals surface area contributed by atoms with Gasteiger partial charge in [-0.1, -0.05) is 45.0 Å². The number of methoxy groups -OCH3 is 1. The summed E-state index contributed by atoms with van der Waals surface area (Å²) in [6.07, 6.45) is 5.31. The van der Waals surface area contributed by atoms with Gasteiger partial charge >= 0.3 is 6.03 Å². The standard InChI is InChI=1S/C35H41N7O5/c1-33(2,3)21-17-24(30(36)44)29(46-8)26(18-21)37-32(45)38-35(20-43)16-15-27(23-11-9-10-12-25(23)35)47-22-13-14-28-39-40-31(42(28)19-22)34(4,5)41(6)7/h9-20,27H,1-8H3,(H2,36,44)(H2,37,38,45)/t27-,35-/m1/s1. The van der Waals surface area contributed by atoms with Crippen LogP contribution in [-0.2, 0) is 21.3 Å². The number of hydrogen-bond donors (Lipinski definition) is 3. The third-order valence-corrected chi connectivity index (χ3v) is 8.73. The van der Waals surface area contributed by atoms with Crippen molar-refractivity contribution in [2.24, 2.45) is 5.73 Å². The Hall–Kier alpha value is -5.23. The van der Waals surface area contributed by atoms with Crippen molar-refractivity contribution in [3.63, 3.8) is 0 Å². The Bertz CT molecular complexity index is 1890. The van der Waals surface area contributed by atoms with Crippen molar-refractivity contribution < 1.29 is 23.9 Å². The van der Waals surface area contributed by atoms with Gasteiger partial charge in [0.1, 0.15) is 17.4 Å². The fourth-order valence-electron chi connectivity index (χ4n) is 5.50. The summed E-state index contributed by atoms with van der Waals surface area (Å²) in [5.74, 6) is 0.747. The predicted octanol–water partition coefficient (Wildman–Crippen LogP) is 4.84. The highest BCUT2D eigenvalue weighted by Gasteiger charge is 2.39. The van der Waals surface area contributed by atoms with Gasteiger partial charge in [-0.2, -0.15) is 0 Å². The van der Waals surface area contributed by atoms with Crippen molar-refractivity contribution in [3.05, 3.63) is 95.0 Å². The molecule has 2 heterocycles. The summed E-state index contributed by atoms with van der Waals surface area (Å²) >= 11 is 0. The molecule has 2 aromatic heterocycles. The normalized spacial score (nSPS) is 17.7. The lowest BCUT2D eigenvalue weighted by atomic mass is 9.81. The maximum Gasteiger partial charge on any atom is 0.320 e. The van der Waals surface area contributed by atoms with Gasteiger partial charge in [-0.25, -0.2) is 4.79 Å². The Morgan fingerprint density at radius 1 is 1.06 bits per heavy atom. The molecule has 0 saturated carbocycles. The molecular formula is C35H41N7O5. The van der Waals surface area contributed by atoms with Gasteiger partial charge in [-0.15, -0.1) is 10.2 Å². The highest BCUT2D eigenvalue weighted by molar-refractivity contribution is 6.01. The maximum absolute atomic E-state index is 13.6. The molecular weight excluding hydrogens is 598 g/mol. The van der Waals surface area contributed by atoms with Crippen LogP contribution >= 0.6 is 0 Å². The number of nitrogens with one attached hydrogen (secondary N) is 2. The van der Waals surface area contributed by atoms with Crippen LogP contribution in [0.1, 0.15) is 73.6 Å². The van der Waals surface area contributed by atoms with Crippen LogP contribution in [0.25, 0.3) is 5.65 Å². The van der Waals surface area contributed by atoms with Gasteiger partial charge < -0.3 is 25.8 Å². The second-order valence-electron chi connectivity index (χ2n) is 13.3. The minimum absolute atomic E-state index is 0.121. The molecule has 1 aliphatic rings. The van der Waals surface area contributed by atoms with Crippen molar-refractivity contribution in [2.75, 3.05) is 26.5 Å². The topological polar surface area (TPSA) is 153 Å². The van der Waals surface area contributed by atoms with Crippen LogP contribution < -0.4 is 25.8 Å². The summed E-state index contributed by atoms with van der Waals surface area (Å²) in [7, 11) is 5.35. The summed E-state index contributed by atoms with van der Waals surface area (Å²) in [5.41, 5.74) is 6.44. The third kappa shape index (κ3) is 6.16. The van der Waals surface area contributed by atoms with Crippen molar-refractivity contribution in [1.82, 2.24) is 24.8 Å². The number of benzene rings is 2. The fraction of sp³-hybridized carbons (Fsp3) is 0.343. The first-order valence-electron chi connectivity index (χ1n) is 15.2. The molecule has 5 rings (SSSR count). The number of carbonyl (C=O) groups excluding carboxylic acids is 3. The lowest BCUT2D eigenvalue weighted by Crippen LogP contribution is -2.49. The summed E-state index contributed by atoms with van der Waals surface area (Å²) in [6, 6.07) is 13.6. The molecule has 246 valence electrons. The second-order valence-corrected chi connectivity index (χ2v) is 13.3. The zero-order valence-corrected chi connectivity index (χ0v) is 27.9. The number of nitrogens with two attached hydrogens (primary N) is 1. The second kappa shape index (κ2) is 12.2. The van der Waals surface area contributed by atoms with Gasteiger partial charge in [0.15, 0.2) is 23.5 Å². The first-order chi connectivity index (χ1) is 22.1. The summed E-state index contributed by atoms with van der Waals surface area (Å²) in [4.78, 5) is 40.7. The number of rotatable bonds is 9. The maximum atomic E-state index is 13.6. The van der Waals surface area contributed by atoms with Gasteiger partial charge in [0.05, 0.1) is 30.1 Å². The number of pyridine rings is 1. The molecule has 47 heavy (non-hydrogen) atoms. The van der Waals surface area contributed by atoms with E-state index in [1.807, 2.05) is 69.7 Å². The minimum Gasteiger partial charge on any atom is -0.494 e. The van der Waals surface area contributed by atoms with Crippen molar-refractivity contribution in [1.29, 1.82) is 0 Å². The van der Waals surface area contributed by atoms with Gasteiger partial charge in [0.2, 0.25) is 0 Å². The Morgan fingerprint density at radius 3 is 2.43 bits per heavy atom. The molecule has 4 N–H and O–H groups in total. The summed E-state index contributed by atoms with van der Waals surface area (Å²) in [6.45, 7) is 10.0. The predicted molar refractivity (Wildman–Crippen MR) is 179 cm³/mol. The number of fused-ring (bicyclic) bond motifs is 2. The van der Waals surface area contributed by atoms with Crippen LogP contribution in [0.3, 0.4) is 0 Å². The molecule has 12 nitrogen and oxygen atoms in total. The Labute approximate surface area is 273 Å². The number of carbonyl (C=O) groups is 3. The summed E-state index contributed by atoms with van der Waals surface area (Å²) < 4.78 is 13.8. The van der Waals surface area contributed by atoms with Crippen LogP contribution in [0.2, 0.25) is 0 Å². The first kappa shape index (κ1) is 33.1. The number of anilines is 1. The van der Waals surface area contributed by atoms with Gasteiger partial charge in [-0.3, -0.25) is 18.9 Å². The molecule has 0 fully saturated rings. The first-order valence-corrected chi connectivity index (χ1v) is 15.2. The number of urea groups is 1. The fourth-order valence-corrected chi connectivity index (χ4v) is 5.50.